The number of rotatable bonds is 9. The zero-order valence-electron chi connectivity index (χ0n) is 36.7. The minimum atomic E-state index is -3.03. The van der Waals surface area contributed by atoms with Crippen LogP contribution in [-0.4, -0.2) is 92.1 Å². The predicted molar refractivity (Wildman–Crippen MR) is 230 cm³/mol. The number of aromatic nitrogens is 1. The summed E-state index contributed by atoms with van der Waals surface area (Å²) in [6.07, 6.45) is -0.0588. The Bertz CT molecular complexity index is 2490. The average molecular weight is 867 g/mol. The summed E-state index contributed by atoms with van der Waals surface area (Å²) in [5.41, 5.74) is -1.52. The lowest BCUT2D eigenvalue weighted by Crippen LogP contribution is -2.65. The first-order valence-corrected chi connectivity index (χ1v) is 24.0. The number of benzene rings is 3. The van der Waals surface area contributed by atoms with Crippen molar-refractivity contribution in [3.8, 4) is 17.4 Å². The Kier molecular flexibility index (Phi) is 11.0. The van der Waals surface area contributed by atoms with Crippen molar-refractivity contribution in [2.75, 3.05) is 33.4 Å². The van der Waals surface area contributed by atoms with Gasteiger partial charge in [-0.1, -0.05) is 57.2 Å². The molecule has 2 heterocycles. The van der Waals surface area contributed by atoms with Gasteiger partial charge in [-0.05, 0) is 80.5 Å². The number of aliphatic hydroxyl groups is 1. The zero-order valence-corrected chi connectivity index (χ0v) is 37.7. The Hall–Kier alpha value is -5.35. The van der Waals surface area contributed by atoms with Crippen LogP contribution >= 0.6 is 0 Å². The number of ether oxygens (including phenoxy) is 5. The lowest BCUT2D eigenvalue weighted by molar-refractivity contribution is -0.0749. The SMILES string of the molecule is COc1c2c(c(OC(=O)OC(C)(C)C)c3cc(C=O)ccc13)C(=O)C1=C(O)C3(O[Si](C)(C)C(C)(C)C)C(=O)c4c(OCc5ccccc5)noc4[C@@H](N4CCOCC4)[C@@H]3C[C@@H]1C2. The number of nitrogens with zero attached hydrogens (tertiary/aromatic N) is 2. The van der Waals surface area contributed by atoms with E-state index in [4.69, 9.17) is 32.6 Å². The molecule has 1 fully saturated rings. The van der Waals surface area contributed by atoms with Crippen LogP contribution in [0.5, 0.6) is 17.4 Å². The Morgan fingerprint density at radius 3 is 2.35 bits per heavy atom. The molecule has 14 nitrogen and oxygen atoms in total. The fourth-order valence-electron chi connectivity index (χ4n) is 9.24. The second kappa shape index (κ2) is 15.8. The average Bonchev–Trinajstić information content (AvgIpc) is 3.64. The molecule has 8 rings (SSSR count). The summed E-state index contributed by atoms with van der Waals surface area (Å²) < 4.78 is 43.2. The van der Waals surface area contributed by atoms with Gasteiger partial charge in [0.1, 0.15) is 35.6 Å². The topological polar surface area (TPSA) is 173 Å². The van der Waals surface area contributed by atoms with Gasteiger partial charge in [0.25, 0.3) is 5.88 Å². The number of fused-ring (bicyclic) bond motifs is 5. The van der Waals surface area contributed by atoms with Crippen molar-refractivity contribution in [3.63, 3.8) is 0 Å². The highest BCUT2D eigenvalue weighted by Crippen LogP contribution is 2.61. The van der Waals surface area contributed by atoms with E-state index in [0.29, 0.717) is 55.0 Å². The third kappa shape index (κ3) is 7.21. The number of carbonyl (C=O) groups is 4. The van der Waals surface area contributed by atoms with E-state index in [1.165, 1.54) is 13.2 Å². The summed E-state index contributed by atoms with van der Waals surface area (Å²) in [5.74, 6) is -2.76. The smallest absolute Gasteiger partial charge is 0.508 e. The first-order chi connectivity index (χ1) is 29.3. The van der Waals surface area contributed by atoms with Crippen LogP contribution < -0.4 is 14.2 Å². The summed E-state index contributed by atoms with van der Waals surface area (Å²) in [5, 5.41) is 17.9. The van der Waals surface area contributed by atoms with E-state index in [2.05, 4.69) is 10.1 Å². The van der Waals surface area contributed by atoms with Crippen LogP contribution in [0.25, 0.3) is 10.8 Å². The van der Waals surface area contributed by atoms with E-state index in [0.717, 1.165) is 5.56 Å². The molecule has 62 heavy (non-hydrogen) atoms. The van der Waals surface area contributed by atoms with E-state index in [-0.39, 0.29) is 58.7 Å². The molecular weight excluding hydrogens is 813 g/mol. The summed E-state index contributed by atoms with van der Waals surface area (Å²) in [6.45, 7) is 17.1. The van der Waals surface area contributed by atoms with Crippen LogP contribution in [0.2, 0.25) is 18.1 Å². The number of aldehydes is 1. The molecule has 4 atom stereocenters. The number of morpholine rings is 1. The maximum absolute atomic E-state index is 15.9. The molecule has 4 aliphatic rings. The molecule has 0 radical (unpaired) electrons. The molecule has 1 saturated heterocycles. The van der Waals surface area contributed by atoms with Crippen LogP contribution in [0.3, 0.4) is 0 Å². The number of allylic oxidation sites excluding steroid dienone is 1. The highest BCUT2D eigenvalue weighted by Gasteiger charge is 2.68. The van der Waals surface area contributed by atoms with Crippen molar-refractivity contribution in [2.45, 2.75) is 96.4 Å². The van der Waals surface area contributed by atoms with Crippen LogP contribution in [0.15, 0.2) is 64.4 Å². The Morgan fingerprint density at radius 2 is 1.71 bits per heavy atom. The first kappa shape index (κ1) is 43.3. The maximum atomic E-state index is 15.9. The maximum Gasteiger partial charge on any atom is 0.514 e. The van der Waals surface area contributed by atoms with Gasteiger partial charge in [0.15, 0.2) is 31.2 Å². The monoisotopic (exact) mass is 866 g/mol. The number of aliphatic hydroxyl groups excluding tert-OH is 1. The Labute approximate surface area is 361 Å². The van der Waals surface area contributed by atoms with E-state index in [1.54, 1.807) is 32.9 Å². The summed E-state index contributed by atoms with van der Waals surface area (Å²) in [6, 6.07) is 13.6. The molecule has 1 aliphatic heterocycles. The fourth-order valence-corrected chi connectivity index (χ4v) is 10.7. The summed E-state index contributed by atoms with van der Waals surface area (Å²) in [4.78, 5) is 59.2. The molecule has 328 valence electrons. The molecular formula is C47H54N2O12Si. The quantitative estimate of drug-likeness (QED) is 0.0732. The highest BCUT2D eigenvalue weighted by atomic mass is 28.4. The fraction of sp³-hybridized carbons (Fsp3) is 0.468. The van der Waals surface area contributed by atoms with Gasteiger partial charge in [-0.25, -0.2) is 4.79 Å². The van der Waals surface area contributed by atoms with Gasteiger partial charge in [-0.2, -0.15) is 0 Å². The highest BCUT2D eigenvalue weighted by molar-refractivity contribution is 6.74. The lowest BCUT2D eigenvalue weighted by atomic mass is 9.58. The number of methoxy groups -OCH3 is 1. The first-order valence-electron chi connectivity index (χ1n) is 21.0. The third-order valence-electron chi connectivity index (χ3n) is 13.0. The molecule has 0 saturated carbocycles. The van der Waals surface area contributed by atoms with Gasteiger partial charge >= 0.3 is 6.16 Å². The van der Waals surface area contributed by atoms with E-state index >= 15 is 9.59 Å². The normalized spacial score (nSPS) is 23.0. The van der Waals surface area contributed by atoms with Gasteiger partial charge < -0.3 is 37.7 Å². The predicted octanol–water partition coefficient (Wildman–Crippen LogP) is 8.76. The molecule has 3 aromatic carbocycles. The minimum Gasteiger partial charge on any atom is -0.508 e. The number of Topliss-reactive ketones (excluding diaryl/α,β-unsaturated/α-hetero) is 2. The standard InChI is InChI=1S/C47H54N2O12Si/c1-45(2,3)59-44(54)58-39-30-21-27(24-50)15-16-29(30)38(55-7)31-22-28-23-32-36(49-17-19-56-20-18-49)40-35(43(48-60-40)57-25-26-13-11-10-12-14-26)42(53)47(32,61-62(8,9)46(4,5)6)41(52)33(28)37(51)34(31)39/h10-16,21,24,28,32,36,52H,17-20,22-23,25H2,1-9H3/t28-,32-,36-,47?/m0/s1. The van der Waals surface area contributed by atoms with Crippen molar-refractivity contribution in [3.05, 3.63) is 93.4 Å². The van der Waals surface area contributed by atoms with E-state index in [9.17, 15) is 14.7 Å². The van der Waals surface area contributed by atoms with Crippen molar-refractivity contribution < 1.29 is 56.9 Å². The molecule has 0 amide bonds. The third-order valence-corrected chi connectivity index (χ3v) is 17.5. The molecule has 0 bridgehead atoms. The van der Waals surface area contributed by atoms with E-state index in [1.807, 2.05) is 64.2 Å². The van der Waals surface area contributed by atoms with Crippen molar-refractivity contribution in [2.24, 2.45) is 11.8 Å². The van der Waals surface area contributed by atoms with Crippen molar-refractivity contribution in [1.82, 2.24) is 10.1 Å². The molecule has 15 heteroatoms. The molecule has 1 aromatic heterocycles. The number of hydrogen-bond donors (Lipinski definition) is 1. The lowest BCUT2D eigenvalue weighted by Gasteiger charge is -2.56. The Balaban J connectivity index is 1.38. The second-order valence-electron chi connectivity index (χ2n) is 19.1. The largest absolute Gasteiger partial charge is 0.514 e. The summed E-state index contributed by atoms with van der Waals surface area (Å²) >= 11 is 0. The molecule has 0 spiro atoms. The molecule has 1 N–H and O–H groups in total. The Morgan fingerprint density at radius 1 is 1.00 bits per heavy atom. The molecule has 3 aliphatic carbocycles. The van der Waals surface area contributed by atoms with Crippen molar-refractivity contribution in [1.29, 1.82) is 0 Å². The number of ketones is 2. The second-order valence-corrected chi connectivity index (χ2v) is 23.8. The van der Waals surface area contributed by atoms with Crippen LogP contribution in [0.1, 0.15) is 102 Å². The van der Waals surface area contributed by atoms with Gasteiger partial charge in [-0.3, -0.25) is 19.3 Å². The molecule has 4 aromatic rings. The number of hydrogen-bond acceptors (Lipinski definition) is 14. The van der Waals surface area contributed by atoms with Crippen LogP contribution in [0.4, 0.5) is 4.79 Å². The van der Waals surface area contributed by atoms with Crippen molar-refractivity contribution >= 4 is 43.1 Å². The molecule has 1 unspecified atom stereocenters. The van der Waals surface area contributed by atoms with Crippen LogP contribution in [0, 0.1) is 11.8 Å². The number of carbonyl (C=O) groups excluding carboxylic acids is 4. The van der Waals surface area contributed by atoms with Crippen LogP contribution in [-0.2, 0) is 26.9 Å². The van der Waals surface area contributed by atoms with Gasteiger partial charge in [0.2, 0.25) is 5.78 Å². The van der Waals surface area contributed by atoms with Gasteiger partial charge in [0, 0.05) is 46.5 Å². The summed E-state index contributed by atoms with van der Waals surface area (Å²) in [7, 11) is -1.54. The van der Waals surface area contributed by atoms with Gasteiger partial charge in [0.05, 0.1) is 31.9 Å². The minimum absolute atomic E-state index is 0.0322. The van der Waals surface area contributed by atoms with E-state index < -0.39 is 65.9 Å². The zero-order chi connectivity index (χ0) is 44.5. The van der Waals surface area contributed by atoms with Gasteiger partial charge in [-0.15, -0.1) is 0 Å².